The second kappa shape index (κ2) is 6.09. The fourth-order valence-corrected chi connectivity index (χ4v) is 2.56. The van der Waals surface area contributed by atoms with E-state index in [0.717, 1.165) is 4.68 Å². The lowest BCUT2D eigenvalue weighted by atomic mass is 10.3. The molecule has 0 aromatic carbocycles. The van der Waals surface area contributed by atoms with Crippen molar-refractivity contribution >= 4 is 17.2 Å². The van der Waals surface area contributed by atoms with E-state index in [1.807, 2.05) is 6.07 Å². The molecule has 0 saturated carbocycles. The molecule has 140 valence electrons. The molecular formula is C14H12N12O2. The van der Waals surface area contributed by atoms with E-state index in [-0.39, 0.29) is 17.3 Å². The number of aromatic hydroxyl groups is 2. The molecule has 0 fully saturated rings. The van der Waals surface area contributed by atoms with Gasteiger partial charge >= 0.3 is 12.0 Å². The summed E-state index contributed by atoms with van der Waals surface area (Å²) in [5.74, 6) is 0.437. The lowest BCUT2D eigenvalue weighted by Gasteiger charge is -2.02. The van der Waals surface area contributed by atoms with Gasteiger partial charge in [-0.3, -0.25) is 0 Å². The van der Waals surface area contributed by atoms with E-state index in [0.29, 0.717) is 28.5 Å². The van der Waals surface area contributed by atoms with Gasteiger partial charge in [0, 0.05) is 0 Å². The molecule has 0 spiro atoms. The third-order valence-electron chi connectivity index (χ3n) is 3.74. The van der Waals surface area contributed by atoms with Gasteiger partial charge in [0.15, 0.2) is 17.2 Å². The van der Waals surface area contributed by atoms with Crippen LogP contribution in [0.25, 0.3) is 11.6 Å². The molecule has 0 bridgehead atoms. The number of rotatable bonds is 3. The summed E-state index contributed by atoms with van der Waals surface area (Å²) in [6, 6.07) is 0.577. The van der Waals surface area contributed by atoms with Crippen molar-refractivity contribution < 1.29 is 10.2 Å². The maximum atomic E-state index is 9.51. The Hall–Kier alpha value is -4.41. The number of aryl methyl sites for hydroxylation is 3. The van der Waals surface area contributed by atoms with Gasteiger partial charge in [0.05, 0.1) is 11.4 Å². The van der Waals surface area contributed by atoms with Gasteiger partial charge in [-0.2, -0.15) is 30.1 Å². The van der Waals surface area contributed by atoms with Crippen LogP contribution in [0.5, 0.6) is 12.0 Å². The second-order valence-electron chi connectivity index (χ2n) is 5.73. The van der Waals surface area contributed by atoms with E-state index >= 15 is 0 Å². The smallest absolute Gasteiger partial charge is 0.321 e. The van der Waals surface area contributed by atoms with E-state index in [1.165, 1.54) is 4.63 Å². The average molecular weight is 380 g/mol. The number of nitrogens with one attached hydrogen (secondary N) is 1. The third-order valence-corrected chi connectivity index (χ3v) is 3.74. The minimum Gasteiger partial charge on any atom is -0.479 e. The predicted molar refractivity (Wildman–Crippen MR) is 90.7 cm³/mol. The molecular weight excluding hydrogens is 368 g/mol. The Kier molecular flexibility index (Phi) is 3.70. The highest BCUT2D eigenvalue weighted by Gasteiger charge is 2.20. The van der Waals surface area contributed by atoms with E-state index in [9.17, 15) is 15.5 Å². The van der Waals surface area contributed by atoms with Crippen LogP contribution in [0.3, 0.4) is 0 Å². The zero-order valence-electron chi connectivity index (χ0n) is 14.8. The number of nitrogens with zero attached hydrogens (tertiary/aromatic N) is 11. The number of fused-ring (bicyclic) bond motifs is 1. The summed E-state index contributed by atoms with van der Waals surface area (Å²) >= 11 is 0. The maximum absolute atomic E-state index is 9.51. The number of azo groups is 1. The van der Waals surface area contributed by atoms with Crippen molar-refractivity contribution in [3.05, 3.63) is 22.8 Å². The Morgan fingerprint density at radius 2 is 1.68 bits per heavy atom. The van der Waals surface area contributed by atoms with Crippen molar-refractivity contribution in [2.45, 2.75) is 20.8 Å². The molecule has 4 aromatic heterocycles. The molecule has 4 rings (SSSR count). The number of aromatic amines is 1. The number of aromatic nitrogens is 9. The number of H-pyrrole nitrogens is 1. The first-order valence-corrected chi connectivity index (χ1v) is 7.85. The zero-order chi connectivity index (χ0) is 20.0. The largest absolute Gasteiger partial charge is 0.479 e. The predicted octanol–water partition coefficient (Wildman–Crippen LogP) is 1.05. The topological polar surface area (TPSA) is 191 Å². The van der Waals surface area contributed by atoms with Gasteiger partial charge in [0.2, 0.25) is 0 Å². The van der Waals surface area contributed by atoms with E-state index in [2.05, 4.69) is 45.5 Å². The summed E-state index contributed by atoms with van der Waals surface area (Å²) in [4.78, 5) is 13.7. The van der Waals surface area contributed by atoms with Gasteiger partial charge in [-0.05, 0) is 20.8 Å². The van der Waals surface area contributed by atoms with Gasteiger partial charge in [0.1, 0.15) is 17.5 Å². The van der Waals surface area contributed by atoms with Crippen molar-refractivity contribution in [1.82, 2.24) is 44.5 Å². The van der Waals surface area contributed by atoms with Gasteiger partial charge in [-0.1, -0.05) is 0 Å². The van der Waals surface area contributed by atoms with Crippen LogP contribution in [0.4, 0.5) is 11.5 Å². The van der Waals surface area contributed by atoms with Crippen LogP contribution in [0, 0.1) is 32.1 Å². The average Bonchev–Trinajstić information content (AvgIpc) is 3.22. The third kappa shape index (κ3) is 2.67. The molecule has 0 unspecified atom stereocenters. The SMILES string of the molecule is Cc1nn2nc(C)c(/N=N/c3c(C#N)c(C)nn3-c3nc(O)nc(O)n3)c2[nH]1. The fourth-order valence-electron chi connectivity index (χ4n) is 2.56. The highest BCUT2D eigenvalue weighted by atomic mass is 16.3. The minimum atomic E-state index is -0.709. The molecule has 0 aliphatic carbocycles. The Morgan fingerprint density at radius 1 is 0.964 bits per heavy atom. The van der Waals surface area contributed by atoms with Gasteiger partial charge < -0.3 is 15.2 Å². The molecule has 14 nitrogen and oxygen atoms in total. The molecule has 0 saturated heterocycles. The van der Waals surface area contributed by atoms with Gasteiger partial charge in [-0.25, -0.2) is 0 Å². The summed E-state index contributed by atoms with van der Waals surface area (Å²) < 4.78 is 2.47. The highest BCUT2D eigenvalue weighted by Crippen LogP contribution is 2.30. The summed E-state index contributed by atoms with van der Waals surface area (Å²) in [7, 11) is 0. The number of nitriles is 1. The zero-order valence-corrected chi connectivity index (χ0v) is 14.8. The molecule has 0 atom stereocenters. The van der Waals surface area contributed by atoms with Crippen LogP contribution >= 0.6 is 0 Å². The van der Waals surface area contributed by atoms with Crippen LogP contribution in [-0.2, 0) is 0 Å². The van der Waals surface area contributed by atoms with Crippen LogP contribution in [-0.4, -0.2) is 54.8 Å². The van der Waals surface area contributed by atoms with Crippen LogP contribution < -0.4 is 0 Å². The van der Waals surface area contributed by atoms with Crippen molar-refractivity contribution in [1.29, 1.82) is 5.26 Å². The second-order valence-corrected chi connectivity index (χ2v) is 5.73. The molecule has 0 amide bonds. The number of hydrogen-bond acceptors (Lipinski definition) is 11. The highest BCUT2D eigenvalue weighted by molar-refractivity contribution is 5.66. The number of hydrogen-bond donors (Lipinski definition) is 3. The van der Waals surface area contributed by atoms with Crippen LogP contribution in [0.1, 0.15) is 22.8 Å². The van der Waals surface area contributed by atoms with Gasteiger partial charge in [-0.15, -0.1) is 24.9 Å². The summed E-state index contributed by atoms with van der Waals surface area (Å²) in [5, 5.41) is 49.4. The van der Waals surface area contributed by atoms with Crippen LogP contribution in [0.2, 0.25) is 0 Å². The molecule has 4 aromatic rings. The monoisotopic (exact) mass is 380 g/mol. The molecule has 0 aliphatic rings. The first kappa shape index (κ1) is 17.0. The van der Waals surface area contributed by atoms with E-state index in [4.69, 9.17) is 0 Å². The first-order chi connectivity index (χ1) is 13.4. The van der Waals surface area contributed by atoms with Crippen molar-refractivity contribution in [3.8, 4) is 24.0 Å². The van der Waals surface area contributed by atoms with Crippen molar-refractivity contribution in [3.63, 3.8) is 0 Å². The summed E-state index contributed by atoms with van der Waals surface area (Å²) in [5.41, 5.74) is 2.00. The maximum Gasteiger partial charge on any atom is 0.321 e. The Bertz CT molecular complexity index is 1270. The lowest BCUT2D eigenvalue weighted by molar-refractivity contribution is 0.379. The first-order valence-electron chi connectivity index (χ1n) is 7.85. The molecule has 0 radical (unpaired) electrons. The Morgan fingerprint density at radius 3 is 2.36 bits per heavy atom. The molecule has 3 N–H and O–H groups in total. The standard InChI is InChI=1S/C14H12N12O2/c1-5-8(4-15)10(25(22-5)12-17-13(27)19-14(28)18-12)21-20-9-6(2)23-26-11(9)16-7(3)24-26/h1-3H3,(H,16,24)(H2,17,18,19,27,28)/b21-20+. The molecule has 0 aliphatic heterocycles. The van der Waals surface area contributed by atoms with E-state index in [1.54, 1.807) is 20.8 Å². The molecule has 14 heteroatoms. The molecule has 4 heterocycles. The molecule has 28 heavy (non-hydrogen) atoms. The minimum absolute atomic E-state index is 0.0139. The van der Waals surface area contributed by atoms with Gasteiger partial charge in [0.25, 0.3) is 5.95 Å². The Labute approximate surface area is 155 Å². The lowest BCUT2D eigenvalue weighted by Crippen LogP contribution is -2.03. The summed E-state index contributed by atoms with van der Waals surface area (Å²) in [6.45, 7) is 5.11. The van der Waals surface area contributed by atoms with Crippen LogP contribution in [0.15, 0.2) is 10.2 Å². The summed E-state index contributed by atoms with van der Waals surface area (Å²) in [6.07, 6.45) is 0. The van der Waals surface area contributed by atoms with E-state index < -0.39 is 12.0 Å². The normalized spacial score (nSPS) is 11.5. The Balaban J connectivity index is 1.88. The fraction of sp³-hybridized carbons (Fsp3) is 0.214. The van der Waals surface area contributed by atoms with Crippen molar-refractivity contribution in [2.75, 3.05) is 0 Å². The quantitative estimate of drug-likeness (QED) is 0.436. The van der Waals surface area contributed by atoms with Crippen molar-refractivity contribution in [2.24, 2.45) is 10.2 Å².